The van der Waals surface area contributed by atoms with Gasteiger partial charge >= 0.3 is 0 Å². The van der Waals surface area contributed by atoms with Gasteiger partial charge in [-0.05, 0) is 30.3 Å². The van der Waals surface area contributed by atoms with Gasteiger partial charge in [0.05, 0.1) is 24.9 Å². The number of rotatable bonds is 7. The van der Waals surface area contributed by atoms with Gasteiger partial charge in [-0.3, -0.25) is 4.79 Å². The molecule has 0 saturated carbocycles. The van der Waals surface area contributed by atoms with E-state index in [4.69, 9.17) is 21.1 Å². The van der Waals surface area contributed by atoms with Crippen molar-refractivity contribution in [3.05, 3.63) is 53.1 Å². The van der Waals surface area contributed by atoms with Gasteiger partial charge in [0.1, 0.15) is 0 Å². The van der Waals surface area contributed by atoms with Crippen LogP contribution in [0.2, 0.25) is 5.02 Å². The monoisotopic (exact) mass is 383 g/mol. The number of methoxy groups -OCH3 is 2. The van der Waals surface area contributed by atoms with Crippen molar-refractivity contribution in [1.82, 2.24) is 5.32 Å². The van der Waals surface area contributed by atoms with Gasteiger partial charge in [-0.2, -0.15) is 0 Å². The molecule has 0 bridgehead atoms. The Morgan fingerprint density at radius 2 is 1.80 bits per heavy atom. The summed E-state index contributed by atoms with van der Waals surface area (Å²) in [4.78, 5) is 12.1. The molecule has 0 aliphatic heterocycles. The Balaban J connectivity index is 2.03. The number of ether oxygens (including phenoxy) is 2. The minimum Gasteiger partial charge on any atom is -0.493 e. The van der Waals surface area contributed by atoms with Gasteiger partial charge < -0.3 is 14.8 Å². The van der Waals surface area contributed by atoms with Crippen LogP contribution in [0.25, 0.3) is 0 Å². The Hall–Kier alpha value is -2.25. The van der Waals surface area contributed by atoms with Crippen LogP contribution in [-0.4, -0.2) is 40.8 Å². The van der Waals surface area contributed by atoms with E-state index >= 15 is 0 Å². The number of sulfone groups is 1. The highest BCUT2D eigenvalue weighted by Gasteiger charge is 2.18. The molecular formula is C17H18ClNO5S. The van der Waals surface area contributed by atoms with Gasteiger partial charge in [0, 0.05) is 23.2 Å². The molecule has 1 N–H and O–H groups in total. The highest BCUT2D eigenvalue weighted by Crippen LogP contribution is 2.29. The molecule has 0 unspecified atom stereocenters. The number of hydrogen-bond donors (Lipinski definition) is 1. The quantitative estimate of drug-likeness (QED) is 0.794. The highest BCUT2D eigenvalue weighted by molar-refractivity contribution is 7.91. The third kappa shape index (κ3) is 4.87. The predicted molar refractivity (Wildman–Crippen MR) is 95.4 cm³/mol. The van der Waals surface area contributed by atoms with Crippen molar-refractivity contribution in [1.29, 1.82) is 0 Å². The number of benzene rings is 2. The van der Waals surface area contributed by atoms with E-state index in [9.17, 15) is 13.2 Å². The third-order valence-electron chi connectivity index (χ3n) is 3.46. The molecule has 1 amide bonds. The minimum absolute atomic E-state index is 0.0258. The van der Waals surface area contributed by atoms with Crippen molar-refractivity contribution in [2.45, 2.75) is 4.90 Å². The maximum absolute atomic E-state index is 12.4. The number of carbonyl (C=O) groups is 1. The Morgan fingerprint density at radius 3 is 2.44 bits per heavy atom. The van der Waals surface area contributed by atoms with Crippen LogP contribution in [0.5, 0.6) is 11.5 Å². The lowest BCUT2D eigenvalue weighted by Gasteiger charge is -2.11. The summed E-state index contributed by atoms with van der Waals surface area (Å²) in [5.41, 5.74) is 0.371. The van der Waals surface area contributed by atoms with Crippen LogP contribution < -0.4 is 14.8 Å². The van der Waals surface area contributed by atoms with Crippen LogP contribution in [0, 0.1) is 0 Å². The fraction of sp³-hybridized carbons (Fsp3) is 0.235. The summed E-state index contributed by atoms with van der Waals surface area (Å²) in [6.07, 6.45) is 0. The summed E-state index contributed by atoms with van der Waals surface area (Å²) >= 11 is 5.83. The van der Waals surface area contributed by atoms with Crippen LogP contribution in [-0.2, 0) is 9.84 Å². The first-order valence-corrected chi connectivity index (χ1v) is 9.39. The zero-order chi connectivity index (χ0) is 18.4. The first kappa shape index (κ1) is 19.1. The molecule has 6 nitrogen and oxygen atoms in total. The van der Waals surface area contributed by atoms with Crippen LogP contribution in [0.3, 0.4) is 0 Å². The van der Waals surface area contributed by atoms with E-state index in [1.807, 2.05) is 0 Å². The number of hydrogen-bond acceptors (Lipinski definition) is 5. The van der Waals surface area contributed by atoms with Crippen molar-refractivity contribution < 1.29 is 22.7 Å². The van der Waals surface area contributed by atoms with Gasteiger partial charge in [0.2, 0.25) is 0 Å². The second-order valence-corrected chi connectivity index (χ2v) is 7.65. The van der Waals surface area contributed by atoms with Crippen molar-refractivity contribution in [3.8, 4) is 11.5 Å². The van der Waals surface area contributed by atoms with E-state index in [2.05, 4.69) is 5.32 Å². The summed E-state index contributed by atoms with van der Waals surface area (Å²) in [5, 5.41) is 3.01. The standard InChI is InChI=1S/C17H18ClNO5S/c1-23-15-7-6-14(11-16(15)24-2)25(21,22)9-8-19-17(20)12-4-3-5-13(18)10-12/h3-7,10-11H,8-9H2,1-2H3,(H,19,20). The van der Waals surface area contributed by atoms with E-state index in [0.29, 0.717) is 22.1 Å². The van der Waals surface area contributed by atoms with Gasteiger partial charge in [-0.15, -0.1) is 0 Å². The molecule has 0 fully saturated rings. The van der Waals surface area contributed by atoms with Crippen molar-refractivity contribution in [3.63, 3.8) is 0 Å². The van der Waals surface area contributed by atoms with Crippen LogP contribution in [0.4, 0.5) is 0 Å². The summed E-state index contributed by atoms with van der Waals surface area (Å²) in [7, 11) is -0.681. The van der Waals surface area contributed by atoms with Gasteiger partial charge in [-0.1, -0.05) is 17.7 Å². The maximum atomic E-state index is 12.4. The first-order valence-electron chi connectivity index (χ1n) is 7.36. The maximum Gasteiger partial charge on any atom is 0.251 e. The Morgan fingerprint density at radius 1 is 1.08 bits per heavy atom. The zero-order valence-electron chi connectivity index (χ0n) is 13.8. The Kier molecular flexibility index (Phi) is 6.27. The number of carbonyl (C=O) groups excluding carboxylic acids is 1. The second-order valence-electron chi connectivity index (χ2n) is 5.10. The number of nitrogens with one attached hydrogen (secondary N) is 1. The molecule has 0 saturated heterocycles. The van der Waals surface area contributed by atoms with E-state index in [0.717, 1.165) is 0 Å². The molecule has 0 aromatic heterocycles. The summed E-state index contributed by atoms with van der Waals surface area (Å²) < 4.78 is 35.0. The van der Waals surface area contributed by atoms with Gasteiger partial charge in [0.25, 0.3) is 5.91 Å². The molecule has 2 rings (SSSR count). The van der Waals surface area contributed by atoms with E-state index in [-0.39, 0.29) is 23.1 Å². The fourth-order valence-corrected chi connectivity index (χ4v) is 3.52. The zero-order valence-corrected chi connectivity index (χ0v) is 15.4. The SMILES string of the molecule is COc1ccc(S(=O)(=O)CCNC(=O)c2cccc(Cl)c2)cc1OC. The molecule has 0 atom stereocenters. The summed E-state index contributed by atoms with van der Waals surface area (Å²) in [6, 6.07) is 10.8. The van der Waals surface area contributed by atoms with E-state index < -0.39 is 9.84 Å². The lowest BCUT2D eigenvalue weighted by molar-refractivity contribution is 0.0956. The minimum atomic E-state index is -3.58. The molecule has 8 heteroatoms. The average Bonchev–Trinajstić information content (AvgIpc) is 2.60. The normalized spacial score (nSPS) is 11.0. The van der Waals surface area contributed by atoms with E-state index in [1.165, 1.54) is 38.5 Å². The number of amides is 1. The predicted octanol–water partition coefficient (Wildman–Crippen LogP) is 2.56. The van der Waals surface area contributed by atoms with Crippen LogP contribution in [0.1, 0.15) is 10.4 Å². The molecule has 2 aromatic carbocycles. The summed E-state index contributed by atoms with van der Waals surface area (Å²) in [6.45, 7) is -0.0258. The van der Waals surface area contributed by atoms with Crippen molar-refractivity contribution in [2.75, 3.05) is 26.5 Å². The lowest BCUT2D eigenvalue weighted by atomic mass is 10.2. The lowest BCUT2D eigenvalue weighted by Crippen LogP contribution is -2.29. The van der Waals surface area contributed by atoms with Crippen LogP contribution in [0.15, 0.2) is 47.4 Å². The molecule has 2 aromatic rings. The third-order valence-corrected chi connectivity index (χ3v) is 5.41. The molecular weight excluding hydrogens is 366 g/mol. The fourth-order valence-electron chi connectivity index (χ4n) is 2.16. The van der Waals surface area contributed by atoms with Crippen molar-refractivity contribution in [2.24, 2.45) is 0 Å². The molecule has 0 aliphatic carbocycles. The Labute approximate surface area is 151 Å². The molecule has 25 heavy (non-hydrogen) atoms. The molecule has 0 spiro atoms. The van der Waals surface area contributed by atoms with Crippen LogP contribution >= 0.6 is 11.6 Å². The van der Waals surface area contributed by atoms with Gasteiger partial charge in [0.15, 0.2) is 21.3 Å². The second kappa shape index (κ2) is 8.22. The molecule has 0 aliphatic rings. The smallest absolute Gasteiger partial charge is 0.251 e. The first-order chi connectivity index (χ1) is 11.9. The molecule has 134 valence electrons. The largest absolute Gasteiger partial charge is 0.493 e. The molecule has 0 radical (unpaired) electrons. The molecule has 0 heterocycles. The van der Waals surface area contributed by atoms with Crippen molar-refractivity contribution >= 4 is 27.3 Å². The number of halogens is 1. The van der Waals surface area contributed by atoms with Gasteiger partial charge in [-0.25, -0.2) is 8.42 Å². The summed E-state index contributed by atoms with van der Waals surface area (Å²) in [5.74, 6) is 0.140. The average molecular weight is 384 g/mol. The van der Waals surface area contributed by atoms with E-state index in [1.54, 1.807) is 18.2 Å². The highest BCUT2D eigenvalue weighted by atomic mass is 35.5. The Bertz CT molecular complexity index is 867. The topological polar surface area (TPSA) is 81.7 Å².